The van der Waals surface area contributed by atoms with Crippen molar-refractivity contribution < 1.29 is 32.9 Å². The summed E-state index contributed by atoms with van der Waals surface area (Å²) in [4.78, 5) is 23.5. The van der Waals surface area contributed by atoms with E-state index in [2.05, 4.69) is 153 Å². The molecule has 3 N–H and O–H groups in total. The van der Waals surface area contributed by atoms with Crippen LogP contribution in [0.2, 0.25) is 0 Å². The standard InChI is InChI=1S/C80H141N2O6P/c1-6-8-10-12-14-16-18-20-22-24-26-28-30-32-34-35-36-37-38-39-40-41-42-43-44-45-46-47-48-50-52-54-56-58-60-62-64-66-68-70-72-74-80(84)81-78(77-88-89(85,86)87-76-75-82(3,4)5)79(83)73-71-69-67-65-63-61-59-57-55-53-51-49-33-31-29-27-25-23-21-19-17-15-13-11-9-7-2/h8,10,14,16,20,22,26,28,32,34,36-37,39-40,42-43,45-46,48,50,54,56,78-79,83H,6-7,9,11-13,15,17-19,21,23-25,27,29-31,33,35,38,41,44,47,49,51-53,55,57-77H2,1-5H3,(H-,81,84,85,86)/p+1/b10-8-,16-14-,22-20-,28-26-,34-32-,37-36-,40-39-,43-42-,46-45-,50-48-,56-54-. The van der Waals surface area contributed by atoms with Crippen molar-refractivity contribution >= 4 is 13.7 Å². The lowest BCUT2D eigenvalue weighted by Gasteiger charge is -2.26. The number of likely N-dealkylation sites (N-methyl/N-ethyl adjacent to an activating group) is 1. The lowest BCUT2D eigenvalue weighted by molar-refractivity contribution is -0.870. The summed E-state index contributed by atoms with van der Waals surface area (Å²) >= 11 is 0. The number of phosphoric ester groups is 1. The van der Waals surface area contributed by atoms with Crippen LogP contribution in [0.5, 0.6) is 0 Å². The zero-order chi connectivity index (χ0) is 64.8. The number of amides is 1. The number of aliphatic hydroxyl groups excluding tert-OH is 1. The van der Waals surface area contributed by atoms with Crippen molar-refractivity contribution in [2.45, 2.75) is 328 Å². The Balaban J connectivity index is 4.10. The molecule has 0 heterocycles. The zero-order valence-corrected chi connectivity index (χ0v) is 59.5. The van der Waals surface area contributed by atoms with E-state index in [1.807, 2.05) is 21.1 Å². The summed E-state index contributed by atoms with van der Waals surface area (Å²) in [5.74, 6) is -0.157. The molecule has 0 aromatic heterocycles. The fourth-order valence-corrected chi connectivity index (χ4v) is 11.2. The molecule has 512 valence electrons. The molecular formula is C80H142N2O6P+. The number of phosphoric acid groups is 1. The second-order valence-corrected chi connectivity index (χ2v) is 27.4. The second-order valence-electron chi connectivity index (χ2n) is 25.9. The van der Waals surface area contributed by atoms with Crippen molar-refractivity contribution in [2.75, 3.05) is 40.9 Å². The van der Waals surface area contributed by atoms with Gasteiger partial charge in [0, 0.05) is 6.42 Å². The molecule has 0 saturated heterocycles. The summed E-state index contributed by atoms with van der Waals surface area (Å²) in [6, 6.07) is -0.778. The normalized spacial score (nSPS) is 14.4. The number of carbonyl (C=O) groups excluding carboxylic acids is 1. The molecular weight excluding hydrogens is 1120 g/mol. The molecule has 0 radical (unpaired) electrons. The van der Waals surface area contributed by atoms with Crippen molar-refractivity contribution in [1.29, 1.82) is 0 Å². The average molecular weight is 1260 g/mol. The summed E-state index contributed by atoms with van der Waals surface area (Å²) in [6.45, 7) is 4.79. The number of rotatable bonds is 67. The van der Waals surface area contributed by atoms with Crippen molar-refractivity contribution in [1.82, 2.24) is 5.32 Å². The second kappa shape index (κ2) is 69.0. The van der Waals surface area contributed by atoms with Gasteiger partial charge >= 0.3 is 7.82 Å². The van der Waals surface area contributed by atoms with Crippen LogP contribution in [0.3, 0.4) is 0 Å². The van der Waals surface area contributed by atoms with Crippen molar-refractivity contribution in [3.63, 3.8) is 0 Å². The van der Waals surface area contributed by atoms with Gasteiger partial charge in [-0.25, -0.2) is 4.57 Å². The molecule has 0 aromatic rings. The van der Waals surface area contributed by atoms with Gasteiger partial charge in [0.05, 0.1) is 39.9 Å². The minimum atomic E-state index is -4.34. The predicted molar refractivity (Wildman–Crippen MR) is 391 cm³/mol. The number of allylic oxidation sites excluding steroid dienone is 22. The highest BCUT2D eigenvalue weighted by molar-refractivity contribution is 7.47. The molecule has 89 heavy (non-hydrogen) atoms. The van der Waals surface area contributed by atoms with E-state index in [1.165, 1.54) is 167 Å². The van der Waals surface area contributed by atoms with Gasteiger partial charge in [-0.1, -0.05) is 347 Å². The molecule has 9 heteroatoms. The Bertz CT molecular complexity index is 1920. The fraction of sp³-hybridized carbons (Fsp3) is 0.713. The minimum Gasteiger partial charge on any atom is -0.391 e. The molecule has 0 spiro atoms. The summed E-state index contributed by atoms with van der Waals surface area (Å²) in [7, 11) is 1.60. The number of hydrogen-bond donors (Lipinski definition) is 3. The molecule has 0 aliphatic carbocycles. The highest BCUT2D eigenvalue weighted by Gasteiger charge is 2.28. The monoisotopic (exact) mass is 1260 g/mol. The van der Waals surface area contributed by atoms with Gasteiger partial charge in [-0.05, 0) is 96.3 Å². The maximum absolute atomic E-state index is 13.1. The third-order valence-electron chi connectivity index (χ3n) is 16.2. The third kappa shape index (κ3) is 71.9. The van der Waals surface area contributed by atoms with E-state index in [9.17, 15) is 19.4 Å². The highest BCUT2D eigenvalue weighted by Crippen LogP contribution is 2.43. The first-order chi connectivity index (χ1) is 43.5. The molecule has 0 aliphatic heterocycles. The van der Waals surface area contributed by atoms with Crippen LogP contribution in [0.1, 0.15) is 316 Å². The van der Waals surface area contributed by atoms with E-state index in [1.54, 1.807) is 0 Å². The van der Waals surface area contributed by atoms with Crippen LogP contribution in [0.15, 0.2) is 134 Å². The van der Waals surface area contributed by atoms with Gasteiger partial charge in [-0.3, -0.25) is 13.8 Å². The molecule has 0 aromatic carbocycles. The van der Waals surface area contributed by atoms with E-state index in [0.29, 0.717) is 23.9 Å². The first kappa shape index (κ1) is 85.6. The van der Waals surface area contributed by atoms with Gasteiger partial charge in [0.2, 0.25) is 5.91 Å². The number of aliphatic hydroxyl groups is 1. The van der Waals surface area contributed by atoms with Crippen LogP contribution in [0.25, 0.3) is 0 Å². The maximum Gasteiger partial charge on any atom is 0.472 e. The molecule has 0 rings (SSSR count). The Kier molecular flexibility index (Phi) is 66.4. The van der Waals surface area contributed by atoms with Crippen LogP contribution in [-0.4, -0.2) is 73.4 Å². The maximum atomic E-state index is 13.1. The topological polar surface area (TPSA) is 105 Å². The Morgan fingerprint density at radius 3 is 0.989 bits per heavy atom. The number of unbranched alkanes of at least 4 members (excludes halogenated alkanes) is 32. The van der Waals surface area contributed by atoms with E-state index in [0.717, 1.165) is 122 Å². The Morgan fingerprint density at radius 2 is 0.674 bits per heavy atom. The summed E-state index contributed by atoms with van der Waals surface area (Å²) in [6.07, 6.45) is 104. The van der Waals surface area contributed by atoms with E-state index in [-0.39, 0.29) is 19.1 Å². The lowest BCUT2D eigenvalue weighted by atomic mass is 10.0. The highest BCUT2D eigenvalue weighted by atomic mass is 31.2. The van der Waals surface area contributed by atoms with Crippen LogP contribution in [0.4, 0.5) is 0 Å². The molecule has 0 bridgehead atoms. The molecule has 0 aliphatic rings. The fourth-order valence-electron chi connectivity index (χ4n) is 10.5. The van der Waals surface area contributed by atoms with Crippen molar-refractivity contribution in [3.05, 3.63) is 134 Å². The molecule has 8 nitrogen and oxygen atoms in total. The largest absolute Gasteiger partial charge is 0.472 e. The third-order valence-corrected chi connectivity index (χ3v) is 17.1. The van der Waals surface area contributed by atoms with Crippen LogP contribution >= 0.6 is 7.82 Å². The SMILES string of the molecule is CC/C=C\C/C=C\C/C=C\C/C=C\C/C=C\C/C=C\C/C=C\C/C=C\C/C=C\C/C=C\C/C=C\CCCCCCCCCC(=O)NC(COP(=O)(O)OCC[N+](C)(C)C)C(O)CCCCCCCCCCCCCCCCCCCCCCCCCCCC. The van der Waals surface area contributed by atoms with Crippen LogP contribution in [0, 0.1) is 0 Å². The van der Waals surface area contributed by atoms with Crippen LogP contribution < -0.4 is 5.32 Å². The molecule has 0 fully saturated rings. The Hall–Kier alpha value is -3.36. The van der Waals surface area contributed by atoms with Gasteiger partial charge in [-0.2, -0.15) is 0 Å². The van der Waals surface area contributed by atoms with E-state index in [4.69, 9.17) is 9.05 Å². The van der Waals surface area contributed by atoms with Crippen molar-refractivity contribution in [2.24, 2.45) is 0 Å². The number of hydrogen-bond acceptors (Lipinski definition) is 5. The Morgan fingerprint density at radius 1 is 0.393 bits per heavy atom. The Labute approximate surface area is 551 Å². The number of carbonyl (C=O) groups is 1. The van der Waals surface area contributed by atoms with Gasteiger partial charge in [0.25, 0.3) is 0 Å². The van der Waals surface area contributed by atoms with Crippen molar-refractivity contribution in [3.8, 4) is 0 Å². The predicted octanol–water partition coefficient (Wildman–Crippen LogP) is 24.2. The molecule has 3 unspecified atom stereocenters. The van der Waals surface area contributed by atoms with E-state index < -0.39 is 20.0 Å². The lowest BCUT2D eigenvalue weighted by Crippen LogP contribution is -2.46. The van der Waals surface area contributed by atoms with E-state index >= 15 is 0 Å². The number of quaternary nitrogens is 1. The first-order valence-corrected chi connectivity index (χ1v) is 38.5. The number of nitrogens with zero attached hydrogens (tertiary/aromatic N) is 1. The van der Waals surface area contributed by atoms with Crippen LogP contribution in [-0.2, 0) is 18.4 Å². The van der Waals surface area contributed by atoms with Gasteiger partial charge < -0.3 is 19.8 Å². The summed E-state index contributed by atoms with van der Waals surface area (Å²) < 4.78 is 23.9. The first-order valence-electron chi connectivity index (χ1n) is 37.0. The molecule has 1 amide bonds. The summed E-state index contributed by atoms with van der Waals surface area (Å²) in [5, 5.41) is 14.2. The van der Waals surface area contributed by atoms with Gasteiger partial charge in [0.1, 0.15) is 13.2 Å². The zero-order valence-electron chi connectivity index (χ0n) is 58.6. The van der Waals surface area contributed by atoms with Gasteiger partial charge in [-0.15, -0.1) is 0 Å². The molecule has 3 atom stereocenters. The minimum absolute atomic E-state index is 0.0667. The smallest absolute Gasteiger partial charge is 0.391 e. The quantitative estimate of drug-likeness (QED) is 0.0243. The van der Waals surface area contributed by atoms with Gasteiger partial charge in [0.15, 0.2) is 0 Å². The summed E-state index contributed by atoms with van der Waals surface area (Å²) in [5.41, 5.74) is 0. The number of nitrogens with one attached hydrogen (secondary N) is 1. The average Bonchev–Trinajstić information content (AvgIpc) is 3.61. The molecule has 0 saturated carbocycles.